The highest BCUT2D eigenvalue weighted by atomic mass is 19.4. The fraction of sp³-hybridized carbons (Fsp3) is 0.267. The van der Waals surface area contributed by atoms with Gasteiger partial charge in [0.05, 0.1) is 11.1 Å². The van der Waals surface area contributed by atoms with Gasteiger partial charge in [0.15, 0.2) is 0 Å². The Balaban J connectivity index is 2.53. The Morgan fingerprint density at radius 2 is 2.04 bits per heavy atom. The molecule has 2 rings (SSSR count). The lowest BCUT2D eigenvalue weighted by Crippen LogP contribution is -2.18. The second-order valence-corrected chi connectivity index (χ2v) is 4.78. The van der Waals surface area contributed by atoms with Gasteiger partial charge in [-0.15, -0.1) is 0 Å². The zero-order valence-corrected chi connectivity index (χ0v) is 12.3. The van der Waals surface area contributed by atoms with E-state index in [9.17, 15) is 18.0 Å². The molecule has 23 heavy (non-hydrogen) atoms. The number of hydrogen-bond donors (Lipinski definition) is 2. The Morgan fingerprint density at radius 1 is 1.30 bits per heavy atom. The topological polar surface area (TPSA) is 80.9 Å². The van der Waals surface area contributed by atoms with Crippen LogP contribution >= 0.6 is 0 Å². The molecular weight excluding hydrogens is 309 g/mol. The number of nitrogen functional groups attached to an aromatic ring is 1. The normalized spacial score (nSPS) is 11.3. The van der Waals surface area contributed by atoms with E-state index >= 15 is 0 Å². The molecule has 2 aromatic rings. The molecule has 0 bridgehead atoms. The second kappa shape index (κ2) is 6.64. The highest BCUT2D eigenvalue weighted by molar-refractivity contribution is 6.11. The summed E-state index contributed by atoms with van der Waals surface area (Å²) < 4.78 is 39.4. The highest BCUT2D eigenvalue weighted by Crippen LogP contribution is 2.33. The number of anilines is 2. The smallest absolute Gasteiger partial charge is 0.383 e. The number of rotatable bonds is 5. The SMILES string of the molecule is CCCNc1ccc(C(F)(F)F)c(C(=O)c2cccnc2N)n1. The first kappa shape index (κ1) is 16.7. The van der Waals surface area contributed by atoms with Crippen LogP contribution in [0.5, 0.6) is 0 Å². The van der Waals surface area contributed by atoms with Crippen molar-refractivity contribution >= 4 is 17.4 Å². The van der Waals surface area contributed by atoms with E-state index in [1.165, 1.54) is 24.4 Å². The van der Waals surface area contributed by atoms with Crippen LogP contribution in [0.1, 0.15) is 35.0 Å². The van der Waals surface area contributed by atoms with Gasteiger partial charge in [0, 0.05) is 12.7 Å². The molecule has 0 amide bonds. The van der Waals surface area contributed by atoms with Gasteiger partial charge in [0.25, 0.3) is 0 Å². The lowest BCUT2D eigenvalue weighted by molar-refractivity contribution is -0.138. The number of carbonyl (C=O) groups is 1. The Labute approximate surface area is 130 Å². The van der Waals surface area contributed by atoms with Crippen LogP contribution in [0.4, 0.5) is 24.8 Å². The highest BCUT2D eigenvalue weighted by Gasteiger charge is 2.37. The number of nitrogens with zero attached hydrogens (tertiary/aromatic N) is 2. The molecule has 5 nitrogen and oxygen atoms in total. The third-order valence-electron chi connectivity index (χ3n) is 3.05. The van der Waals surface area contributed by atoms with Crippen LogP contribution in [-0.4, -0.2) is 22.3 Å². The third-order valence-corrected chi connectivity index (χ3v) is 3.05. The lowest BCUT2D eigenvalue weighted by atomic mass is 10.0. The molecule has 0 aliphatic carbocycles. The van der Waals surface area contributed by atoms with Gasteiger partial charge >= 0.3 is 6.18 Å². The summed E-state index contributed by atoms with van der Waals surface area (Å²) in [5, 5.41) is 2.86. The van der Waals surface area contributed by atoms with Gasteiger partial charge in [-0.1, -0.05) is 6.92 Å². The number of nitrogens with two attached hydrogens (primary N) is 1. The van der Waals surface area contributed by atoms with E-state index < -0.39 is 23.2 Å². The fourth-order valence-electron chi connectivity index (χ4n) is 1.95. The lowest BCUT2D eigenvalue weighted by Gasteiger charge is -2.14. The summed E-state index contributed by atoms with van der Waals surface area (Å²) >= 11 is 0. The van der Waals surface area contributed by atoms with Crippen molar-refractivity contribution in [3.05, 3.63) is 47.3 Å². The van der Waals surface area contributed by atoms with Crippen LogP contribution in [-0.2, 0) is 6.18 Å². The van der Waals surface area contributed by atoms with E-state index in [-0.39, 0.29) is 17.2 Å². The van der Waals surface area contributed by atoms with Crippen LogP contribution in [0.15, 0.2) is 30.5 Å². The Kier molecular flexibility index (Phi) is 4.83. The maximum Gasteiger partial charge on any atom is 0.418 e. The van der Waals surface area contributed by atoms with Gasteiger partial charge < -0.3 is 11.1 Å². The van der Waals surface area contributed by atoms with E-state index in [1.54, 1.807) is 0 Å². The van der Waals surface area contributed by atoms with E-state index in [2.05, 4.69) is 15.3 Å². The van der Waals surface area contributed by atoms with E-state index in [4.69, 9.17) is 5.73 Å². The molecule has 0 unspecified atom stereocenters. The number of halogens is 3. The van der Waals surface area contributed by atoms with Gasteiger partial charge in [-0.2, -0.15) is 13.2 Å². The van der Waals surface area contributed by atoms with Crippen LogP contribution < -0.4 is 11.1 Å². The third kappa shape index (κ3) is 3.77. The maximum absolute atomic E-state index is 13.1. The van der Waals surface area contributed by atoms with Gasteiger partial charge in [-0.05, 0) is 30.7 Å². The average molecular weight is 324 g/mol. The monoisotopic (exact) mass is 324 g/mol. The number of nitrogens with one attached hydrogen (secondary N) is 1. The molecule has 0 atom stereocenters. The zero-order chi connectivity index (χ0) is 17.0. The molecular formula is C15H15F3N4O. The molecule has 0 saturated carbocycles. The molecule has 0 saturated heterocycles. The molecule has 3 N–H and O–H groups in total. The molecule has 0 aliphatic heterocycles. The summed E-state index contributed by atoms with van der Waals surface area (Å²) in [4.78, 5) is 20.0. The van der Waals surface area contributed by atoms with Gasteiger partial charge in [0.1, 0.15) is 17.3 Å². The summed E-state index contributed by atoms with van der Waals surface area (Å²) in [6, 6.07) is 4.78. The van der Waals surface area contributed by atoms with Crippen LogP contribution in [0, 0.1) is 0 Å². The Bertz CT molecular complexity index is 716. The number of ketones is 1. The Morgan fingerprint density at radius 3 is 2.65 bits per heavy atom. The van der Waals surface area contributed by atoms with E-state index in [1.807, 2.05) is 6.92 Å². The minimum absolute atomic E-state index is 0.113. The maximum atomic E-state index is 13.1. The molecule has 2 heterocycles. The number of pyridine rings is 2. The molecule has 0 fully saturated rings. The predicted octanol–water partition coefficient (Wildman–Crippen LogP) is 3.13. The summed E-state index contributed by atoms with van der Waals surface area (Å²) in [5.41, 5.74) is 3.67. The van der Waals surface area contributed by atoms with Crippen molar-refractivity contribution in [2.24, 2.45) is 0 Å². The second-order valence-electron chi connectivity index (χ2n) is 4.78. The number of alkyl halides is 3. The molecule has 2 aromatic heterocycles. The number of hydrogen-bond acceptors (Lipinski definition) is 5. The van der Waals surface area contributed by atoms with Gasteiger partial charge in [-0.25, -0.2) is 9.97 Å². The largest absolute Gasteiger partial charge is 0.418 e. The summed E-state index contributed by atoms with van der Waals surface area (Å²) in [5.74, 6) is -0.854. The number of carbonyl (C=O) groups excluding carboxylic acids is 1. The molecule has 0 aromatic carbocycles. The van der Waals surface area contributed by atoms with Crippen LogP contribution in [0.3, 0.4) is 0 Å². The van der Waals surface area contributed by atoms with Crippen LogP contribution in [0.2, 0.25) is 0 Å². The van der Waals surface area contributed by atoms with Crippen molar-refractivity contribution < 1.29 is 18.0 Å². The minimum Gasteiger partial charge on any atom is -0.383 e. The zero-order valence-electron chi connectivity index (χ0n) is 12.3. The number of aromatic nitrogens is 2. The summed E-state index contributed by atoms with van der Waals surface area (Å²) in [7, 11) is 0. The minimum atomic E-state index is -4.70. The van der Waals surface area contributed by atoms with Gasteiger partial charge in [-0.3, -0.25) is 4.79 Å². The van der Waals surface area contributed by atoms with Crippen LogP contribution in [0.25, 0.3) is 0 Å². The first-order valence-electron chi connectivity index (χ1n) is 6.92. The molecule has 0 radical (unpaired) electrons. The molecule has 0 spiro atoms. The summed E-state index contributed by atoms with van der Waals surface area (Å²) in [6.07, 6.45) is -2.58. The molecule has 122 valence electrons. The van der Waals surface area contributed by atoms with Crippen molar-refractivity contribution in [3.8, 4) is 0 Å². The van der Waals surface area contributed by atoms with E-state index in [0.29, 0.717) is 6.54 Å². The van der Waals surface area contributed by atoms with Crippen molar-refractivity contribution in [1.82, 2.24) is 9.97 Å². The standard InChI is InChI=1S/C15H15F3N4O/c1-2-7-20-11-6-5-10(15(16,17)18)12(22-11)13(23)9-4-3-8-21-14(9)19/h3-6,8H,2,7H2,1H3,(H2,19,21)(H,20,22). The first-order valence-corrected chi connectivity index (χ1v) is 6.92. The van der Waals surface area contributed by atoms with Crippen molar-refractivity contribution in [2.45, 2.75) is 19.5 Å². The van der Waals surface area contributed by atoms with Crippen molar-refractivity contribution in [2.75, 3.05) is 17.6 Å². The predicted molar refractivity (Wildman–Crippen MR) is 80.1 cm³/mol. The van der Waals surface area contributed by atoms with Gasteiger partial charge in [0.2, 0.25) is 5.78 Å². The van der Waals surface area contributed by atoms with Crippen molar-refractivity contribution in [1.29, 1.82) is 0 Å². The quantitative estimate of drug-likeness (QED) is 0.826. The van der Waals surface area contributed by atoms with Crippen molar-refractivity contribution in [3.63, 3.8) is 0 Å². The molecule has 8 heteroatoms. The average Bonchev–Trinajstić information content (AvgIpc) is 2.51. The summed E-state index contributed by atoms with van der Waals surface area (Å²) in [6.45, 7) is 2.43. The first-order chi connectivity index (χ1) is 10.8. The fourth-order valence-corrected chi connectivity index (χ4v) is 1.95. The molecule has 0 aliphatic rings. The van der Waals surface area contributed by atoms with E-state index in [0.717, 1.165) is 12.5 Å². The Hall–Kier alpha value is -2.64.